The Balaban J connectivity index is 1.68. The van der Waals surface area contributed by atoms with E-state index >= 15 is 0 Å². The number of alkyl halides is 3. The van der Waals surface area contributed by atoms with Crippen molar-refractivity contribution in [3.63, 3.8) is 0 Å². The van der Waals surface area contributed by atoms with E-state index in [4.69, 9.17) is 27.9 Å². The number of likely N-dealkylation sites (tertiary alicyclic amines) is 1. The summed E-state index contributed by atoms with van der Waals surface area (Å²) in [4.78, 5) is 29.9. The maximum Gasteiger partial charge on any atom is 0.471 e. The molecule has 2 aliphatic heterocycles. The molecule has 242 valence electrons. The molecule has 0 N–H and O–H groups in total. The predicted octanol–water partition coefficient (Wildman–Crippen LogP) is 6.72. The second-order valence-electron chi connectivity index (χ2n) is 12.6. The van der Waals surface area contributed by atoms with Crippen molar-refractivity contribution in [3.8, 4) is 0 Å². The first-order valence-electron chi connectivity index (χ1n) is 14.3. The zero-order valence-corrected chi connectivity index (χ0v) is 27.8. The van der Waals surface area contributed by atoms with Crippen molar-refractivity contribution >= 4 is 46.0 Å². The van der Waals surface area contributed by atoms with E-state index in [1.807, 2.05) is 18.2 Å². The molecule has 7 nitrogen and oxygen atoms in total. The van der Waals surface area contributed by atoms with E-state index in [9.17, 15) is 27.0 Å². The molecule has 44 heavy (non-hydrogen) atoms. The van der Waals surface area contributed by atoms with Crippen LogP contribution in [0.3, 0.4) is 0 Å². The highest BCUT2D eigenvalue weighted by atomic mass is 35.5. The van der Waals surface area contributed by atoms with Crippen LogP contribution in [0.4, 0.5) is 18.0 Å². The van der Waals surface area contributed by atoms with Crippen LogP contribution in [-0.2, 0) is 36.4 Å². The number of piperidine rings is 1. The molecule has 1 unspecified atom stereocenters. The molecule has 0 saturated carbocycles. The molecule has 13 heteroatoms. The second kappa shape index (κ2) is 12.8. The number of carbonyl (C=O) groups is 2. The number of rotatable bonds is 7. The summed E-state index contributed by atoms with van der Waals surface area (Å²) in [6.07, 6.45) is -4.43. The molecule has 2 heterocycles. The van der Waals surface area contributed by atoms with Gasteiger partial charge in [-0.1, -0.05) is 53.5 Å². The van der Waals surface area contributed by atoms with Crippen LogP contribution in [0.5, 0.6) is 0 Å². The van der Waals surface area contributed by atoms with E-state index in [0.717, 1.165) is 18.2 Å². The number of amides is 2. The lowest BCUT2D eigenvalue weighted by Gasteiger charge is -2.46. The van der Waals surface area contributed by atoms with Crippen molar-refractivity contribution in [3.05, 3.63) is 69.2 Å². The summed E-state index contributed by atoms with van der Waals surface area (Å²) in [5.74, 6) is -1.52. The van der Waals surface area contributed by atoms with Gasteiger partial charge in [0, 0.05) is 43.7 Å². The fourth-order valence-electron chi connectivity index (χ4n) is 6.22. The Hall–Kier alpha value is -2.34. The van der Waals surface area contributed by atoms with Crippen molar-refractivity contribution in [1.29, 1.82) is 0 Å². The van der Waals surface area contributed by atoms with E-state index in [-0.39, 0.29) is 16.5 Å². The molecule has 0 bridgehead atoms. The molecular formula is C31H38Cl2F3N3O4S. The van der Waals surface area contributed by atoms with Crippen LogP contribution in [0.25, 0.3) is 0 Å². The van der Waals surface area contributed by atoms with Gasteiger partial charge in [-0.15, -0.1) is 0 Å². The fourth-order valence-corrected chi connectivity index (χ4v) is 8.41. The van der Waals surface area contributed by atoms with Crippen LogP contribution in [0.2, 0.25) is 10.0 Å². The first-order chi connectivity index (χ1) is 20.4. The summed E-state index contributed by atoms with van der Waals surface area (Å²) in [5.41, 5.74) is 0.261. The number of halogens is 5. The van der Waals surface area contributed by atoms with Gasteiger partial charge in [-0.2, -0.15) is 13.2 Å². The number of benzene rings is 2. The quantitative estimate of drug-likeness (QED) is 0.326. The van der Waals surface area contributed by atoms with Gasteiger partial charge in [-0.05, 0) is 81.9 Å². The lowest BCUT2D eigenvalue weighted by Crippen LogP contribution is -2.57. The maximum atomic E-state index is 13.6. The number of likely N-dealkylation sites (N-methyl/N-ethyl adjacent to an activating group) is 2. The van der Waals surface area contributed by atoms with Gasteiger partial charge in [0.05, 0.1) is 20.3 Å². The molecule has 1 saturated heterocycles. The smallest absolute Gasteiger partial charge is 0.444 e. The normalized spacial score (nSPS) is 19.7. The van der Waals surface area contributed by atoms with Crippen LogP contribution >= 0.6 is 23.2 Å². The van der Waals surface area contributed by atoms with Crippen molar-refractivity contribution in [2.24, 2.45) is 0 Å². The highest BCUT2D eigenvalue weighted by Gasteiger charge is 2.49. The molecule has 1 spiro atoms. The predicted molar refractivity (Wildman–Crippen MR) is 166 cm³/mol. The minimum Gasteiger partial charge on any atom is -0.444 e. The van der Waals surface area contributed by atoms with Gasteiger partial charge in [0.1, 0.15) is 5.60 Å². The third-order valence-corrected chi connectivity index (χ3v) is 11.4. The summed E-state index contributed by atoms with van der Waals surface area (Å²) in [6.45, 7) is 6.14. The van der Waals surface area contributed by atoms with Gasteiger partial charge in [0.2, 0.25) is 0 Å². The monoisotopic (exact) mass is 675 g/mol. The molecule has 4 rings (SSSR count). The van der Waals surface area contributed by atoms with E-state index in [0.29, 0.717) is 48.7 Å². The van der Waals surface area contributed by atoms with E-state index in [2.05, 4.69) is 11.0 Å². The van der Waals surface area contributed by atoms with Gasteiger partial charge < -0.3 is 14.5 Å². The minimum atomic E-state index is -5.11. The zero-order valence-electron chi connectivity index (χ0n) is 25.5. The molecular weight excluding hydrogens is 638 g/mol. The summed E-state index contributed by atoms with van der Waals surface area (Å²) in [6, 6.07) is 12.6. The van der Waals surface area contributed by atoms with Crippen molar-refractivity contribution in [1.82, 2.24) is 14.7 Å². The van der Waals surface area contributed by atoms with Crippen LogP contribution in [0.1, 0.15) is 56.7 Å². The van der Waals surface area contributed by atoms with Crippen LogP contribution in [0, 0.1) is 0 Å². The molecule has 0 aromatic heterocycles. The zero-order chi connectivity index (χ0) is 32.7. The Morgan fingerprint density at radius 2 is 1.66 bits per heavy atom. The van der Waals surface area contributed by atoms with Gasteiger partial charge in [0.25, 0.3) is 0 Å². The van der Waals surface area contributed by atoms with Gasteiger partial charge in [-0.3, -0.25) is 13.9 Å². The van der Waals surface area contributed by atoms with Gasteiger partial charge in [0.15, 0.2) is 0 Å². The maximum absolute atomic E-state index is 13.6. The summed E-state index contributed by atoms with van der Waals surface area (Å²) < 4.78 is 59.2. The average Bonchev–Trinajstić information content (AvgIpc) is 3.21. The largest absolute Gasteiger partial charge is 0.471 e. The van der Waals surface area contributed by atoms with Crippen molar-refractivity contribution in [2.75, 3.05) is 40.3 Å². The molecule has 2 aromatic carbocycles. The van der Waals surface area contributed by atoms with Crippen LogP contribution < -0.4 is 0 Å². The number of ether oxygens (including phenoxy) is 1. The molecule has 0 aliphatic carbocycles. The molecule has 0 radical (unpaired) electrons. The Labute approximate surface area is 269 Å². The summed E-state index contributed by atoms with van der Waals surface area (Å²) in [7, 11) is 1.45. The van der Waals surface area contributed by atoms with E-state index in [1.165, 1.54) is 24.1 Å². The van der Waals surface area contributed by atoms with Gasteiger partial charge in [-0.25, -0.2) is 4.79 Å². The van der Waals surface area contributed by atoms with Crippen LogP contribution in [0.15, 0.2) is 42.5 Å². The molecule has 2 aromatic rings. The number of fused-ring (bicyclic) bond motifs is 2. The Morgan fingerprint density at radius 1 is 1.02 bits per heavy atom. The lowest BCUT2D eigenvalue weighted by molar-refractivity contribution is -0.185. The Morgan fingerprint density at radius 3 is 2.25 bits per heavy atom. The fraction of sp³-hybridized carbons (Fsp3) is 0.548. The van der Waals surface area contributed by atoms with Gasteiger partial charge >= 0.3 is 18.2 Å². The highest BCUT2D eigenvalue weighted by Crippen LogP contribution is 2.47. The average molecular weight is 677 g/mol. The third kappa shape index (κ3) is 7.06. The number of carbonyl (C=O) groups excluding carboxylic acids is 2. The number of hydrogen-bond donors (Lipinski definition) is 0. The Bertz CT molecular complexity index is 1430. The minimum absolute atomic E-state index is 0.142. The third-order valence-electron chi connectivity index (χ3n) is 8.59. The summed E-state index contributed by atoms with van der Waals surface area (Å²) in [5, 5.41) is 0.383. The lowest BCUT2D eigenvalue weighted by atomic mass is 9.83. The Kier molecular flexibility index (Phi) is 10.1. The molecule has 2 amide bonds. The van der Waals surface area contributed by atoms with E-state index in [1.54, 1.807) is 26.8 Å². The first-order valence-corrected chi connectivity index (χ1v) is 16.4. The van der Waals surface area contributed by atoms with Crippen LogP contribution in [-0.4, -0.2) is 83.0 Å². The molecule has 1 fully saturated rings. The van der Waals surface area contributed by atoms with Crippen molar-refractivity contribution in [2.45, 2.75) is 67.8 Å². The second-order valence-corrected chi connectivity index (χ2v) is 15.2. The standard InChI is InChI=1S/C31H38Cl2F3N3O4S/c1-28(2,3)43-27(41)38(5)29(20-37(4)26(40)31(34,35)36,22-10-11-24(32)25(33)18-22)12-15-39-16-13-30(14-17-39)23-9-7-6-8-21(23)19-44(30)42/h6-11,18H,12-17,19-20H2,1-5H3/t29-,44?/m1/s1. The summed E-state index contributed by atoms with van der Waals surface area (Å²) >= 11 is 12.6. The molecule has 2 aliphatic rings. The topological polar surface area (TPSA) is 70.2 Å². The SMILES string of the molecule is CN(C[C@](CCN1CCC2(CC1)c1ccccc1CS2=O)(c1ccc(Cl)c(Cl)c1)N(C)C(=O)OC(C)(C)C)C(=O)C(F)(F)F. The number of hydrogen-bond acceptors (Lipinski definition) is 5. The first kappa shape index (κ1) is 34.5. The van der Waals surface area contributed by atoms with E-state index < -0.39 is 51.4 Å². The van der Waals surface area contributed by atoms with Crippen molar-refractivity contribution < 1.29 is 31.7 Å². The highest BCUT2D eigenvalue weighted by molar-refractivity contribution is 7.85. The molecule has 2 atom stereocenters. The number of nitrogens with zero attached hydrogens (tertiary/aromatic N) is 3.